The van der Waals surface area contributed by atoms with E-state index in [1.165, 1.54) is 6.42 Å². The lowest BCUT2D eigenvalue weighted by atomic mass is 9.82. The van der Waals surface area contributed by atoms with E-state index in [4.69, 9.17) is 10.5 Å². The molecule has 1 fully saturated rings. The van der Waals surface area contributed by atoms with Crippen LogP contribution in [0.5, 0.6) is 5.75 Å². The molecule has 0 heterocycles. The number of nitrogens with one attached hydrogen (secondary N) is 1. The fourth-order valence-electron chi connectivity index (χ4n) is 3.07. The maximum absolute atomic E-state index is 11.7. The van der Waals surface area contributed by atoms with E-state index < -0.39 is 0 Å². The molecule has 3 N–H and O–H groups in total. The summed E-state index contributed by atoms with van der Waals surface area (Å²) in [4.78, 5) is 11.7. The molecule has 0 aliphatic heterocycles. The lowest BCUT2D eigenvalue weighted by Gasteiger charge is -2.32. The highest BCUT2D eigenvalue weighted by molar-refractivity contribution is 5.95. The Labute approximate surface area is 120 Å². The molecular formula is C16H24N2O2. The quantitative estimate of drug-likeness (QED) is 0.834. The second kappa shape index (κ2) is 6.16. The van der Waals surface area contributed by atoms with Crippen LogP contribution in [0.2, 0.25) is 0 Å². The van der Waals surface area contributed by atoms with Gasteiger partial charge in [0.25, 0.3) is 5.91 Å². The lowest BCUT2D eigenvalue weighted by Crippen LogP contribution is -2.29. The largest absolute Gasteiger partial charge is 0.488 e. The van der Waals surface area contributed by atoms with E-state index in [1.807, 2.05) is 0 Å². The normalized spacial score (nSPS) is 26.1. The molecule has 20 heavy (non-hydrogen) atoms. The summed E-state index contributed by atoms with van der Waals surface area (Å²) in [5.74, 6) is 1.84. The number of hydrogen-bond donors (Lipinski definition) is 2. The number of nitrogen functional groups attached to an aromatic ring is 1. The second-order valence-corrected chi connectivity index (χ2v) is 5.99. The lowest BCUT2D eigenvalue weighted by molar-refractivity contribution is 0.0952. The number of amides is 1. The molecule has 1 aliphatic carbocycles. The van der Waals surface area contributed by atoms with Crippen molar-refractivity contribution in [3.05, 3.63) is 23.8 Å². The monoisotopic (exact) mass is 276 g/mol. The van der Waals surface area contributed by atoms with Gasteiger partial charge < -0.3 is 15.8 Å². The third kappa shape index (κ3) is 3.44. The first kappa shape index (κ1) is 14.7. The molecule has 0 spiro atoms. The Morgan fingerprint density at radius 2 is 1.90 bits per heavy atom. The van der Waals surface area contributed by atoms with E-state index in [0.29, 0.717) is 28.8 Å². The van der Waals surface area contributed by atoms with Crippen molar-refractivity contribution < 1.29 is 9.53 Å². The third-order valence-corrected chi connectivity index (χ3v) is 3.93. The molecule has 2 unspecified atom stereocenters. The van der Waals surface area contributed by atoms with Gasteiger partial charge in [0.1, 0.15) is 5.75 Å². The Bertz CT molecular complexity index is 477. The molecule has 0 bridgehead atoms. The SMILES string of the molecule is CNC(=O)c1ccc(N)c(OC2CC(C)CC(C)C2)c1. The predicted molar refractivity (Wildman–Crippen MR) is 80.8 cm³/mol. The van der Waals surface area contributed by atoms with Crippen LogP contribution in [-0.4, -0.2) is 19.1 Å². The Morgan fingerprint density at radius 1 is 1.25 bits per heavy atom. The summed E-state index contributed by atoms with van der Waals surface area (Å²) in [5.41, 5.74) is 7.12. The number of carbonyl (C=O) groups is 1. The van der Waals surface area contributed by atoms with Crippen LogP contribution in [0.1, 0.15) is 43.5 Å². The van der Waals surface area contributed by atoms with Gasteiger partial charge in [-0.2, -0.15) is 0 Å². The average molecular weight is 276 g/mol. The van der Waals surface area contributed by atoms with Crippen molar-refractivity contribution in [2.24, 2.45) is 11.8 Å². The van der Waals surface area contributed by atoms with Crippen molar-refractivity contribution in [1.29, 1.82) is 0 Å². The van der Waals surface area contributed by atoms with Crippen molar-refractivity contribution in [2.75, 3.05) is 12.8 Å². The molecule has 0 saturated heterocycles. The van der Waals surface area contributed by atoms with E-state index >= 15 is 0 Å². The number of ether oxygens (including phenoxy) is 1. The van der Waals surface area contributed by atoms with Gasteiger partial charge in [0, 0.05) is 12.6 Å². The molecule has 4 heteroatoms. The van der Waals surface area contributed by atoms with Gasteiger partial charge in [-0.05, 0) is 49.3 Å². The minimum atomic E-state index is -0.125. The molecule has 4 nitrogen and oxygen atoms in total. The molecule has 1 aromatic rings. The van der Waals surface area contributed by atoms with Crippen LogP contribution in [0.15, 0.2) is 18.2 Å². The summed E-state index contributed by atoms with van der Waals surface area (Å²) < 4.78 is 6.06. The molecule has 110 valence electrons. The van der Waals surface area contributed by atoms with E-state index in [0.717, 1.165) is 12.8 Å². The number of anilines is 1. The molecule has 2 rings (SSSR count). The molecule has 0 radical (unpaired) electrons. The number of benzene rings is 1. The zero-order valence-electron chi connectivity index (χ0n) is 12.5. The van der Waals surface area contributed by atoms with Crippen molar-refractivity contribution in [3.8, 4) is 5.75 Å². The number of carbonyl (C=O) groups excluding carboxylic acids is 1. The fraction of sp³-hybridized carbons (Fsp3) is 0.562. The van der Waals surface area contributed by atoms with Gasteiger partial charge >= 0.3 is 0 Å². The first-order valence-corrected chi connectivity index (χ1v) is 7.27. The second-order valence-electron chi connectivity index (χ2n) is 5.99. The van der Waals surface area contributed by atoms with Gasteiger partial charge in [-0.1, -0.05) is 13.8 Å². The summed E-state index contributed by atoms with van der Waals surface area (Å²) in [6.45, 7) is 4.52. The molecule has 2 atom stereocenters. The first-order valence-electron chi connectivity index (χ1n) is 7.27. The van der Waals surface area contributed by atoms with E-state index in [9.17, 15) is 4.79 Å². The summed E-state index contributed by atoms with van der Waals surface area (Å²) in [7, 11) is 1.61. The number of nitrogens with two attached hydrogens (primary N) is 1. The Hall–Kier alpha value is -1.71. The van der Waals surface area contributed by atoms with Gasteiger partial charge in [-0.3, -0.25) is 4.79 Å². The van der Waals surface area contributed by atoms with Crippen LogP contribution in [0.3, 0.4) is 0 Å². The van der Waals surface area contributed by atoms with Gasteiger partial charge in [0.15, 0.2) is 0 Å². The summed E-state index contributed by atoms with van der Waals surface area (Å²) in [6.07, 6.45) is 3.55. The fourth-order valence-corrected chi connectivity index (χ4v) is 3.07. The smallest absolute Gasteiger partial charge is 0.251 e. The highest BCUT2D eigenvalue weighted by atomic mass is 16.5. The van der Waals surface area contributed by atoms with Gasteiger partial charge in [-0.25, -0.2) is 0 Å². The summed E-state index contributed by atoms with van der Waals surface area (Å²) in [5, 5.41) is 2.61. The zero-order valence-corrected chi connectivity index (χ0v) is 12.5. The minimum absolute atomic E-state index is 0.125. The standard InChI is InChI=1S/C16H24N2O2/c1-10-6-11(2)8-13(7-10)20-15-9-12(16(19)18-3)4-5-14(15)17/h4-5,9-11,13H,6-8,17H2,1-3H3,(H,18,19). The summed E-state index contributed by atoms with van der Waals surface area (Å²) in [6, 6.07) is 5.18. The molecular weight excluding hydrogens is 252 g/mol. The first-order chi connectivity index (χ1) is 9.49. The molecule has 0 aromatic heterocycles. The molecule has 1 amide bonds. The maximum Gasteiger partial charge on any atom is 0.251 e. The van der Waals surface area contributed by atoms with Crippen LogP contribution < -0.4 is 15.8 Å². The average Bonchev–Trinajstić information content (AvgIpc) is 2.39. The van der Waals surface area contributed by atoms with Crippen LogP contribution >= 0.6 is 0 Å². The van der Waals surface area contributed by atoms with Gasteiger partial charge in [0.2, 0.25) is 0 Å². The number of hydrogen-bond acceptors (Lipinski definition) is 3. The van der Waals surface area contributed by atoms with Crippen molar-refractivity contribution in [3.63, 3.8) is 0 Å². The van der Waals surface area contributed by atoms with Crippen molar-refractivity contribution >= 4 is 11.6 Å². The van der Waals surface area contributed by atoms with Crippen LogP contribution in [0, 0.1) is 11.8 Å². The van der Waals surface area contributed by atoms with Crippen molar-refractivity contribution in [2.45, 2.75) is 39.2 Å². The Balaban J connectivity index is 2.13. The Morgan fingerprint density at radius 3 is 2.50 bits per heavy atom. The van der Waals surface area contributed by atoms with Crippen molar-refractivity contribution in [1.82, 2.24) is 5.32 Å². The van der Waals surface area contributed by atoms with Crippen LogP contribution in [-0.2, 0) is 0 Å². The third-order valence-electron chi connectivity index (χ3n) is 3.93. The van der Waals surface area contributed by atoms with E-state index in [2.05, 4.69) is 19.2 Å². The minimum Gasteiger partial charge on any atom is -0.488 e. The number of rotatable bonds is 3. The van der Waals surface area contributed by atoms with Gasteiger partial charge in [0.05, 0.1) is 11.8 Å². The van der Waals surface area contributed by atoms with Crippen LogP contribution in [0.4, 0.5) is 5.69 Å². The predicted octanol–water partition coefficient (Wildman–Crippen LogP) is 2.83. The molecule has 1 aromatic carbocycles. The molecule has 1 aliphatic rings. The topological polar surface area (TPSA) is 64.4 Å². The zero-order chi connectivity index (χ0) is 14.7. The highest BCUT2D eigenvalue weighted by Crippen LogP contribution is 2.33. The van der Waals surface area contributed by atoms with Crippen LogP contribution in [0.25, 0.3) is 0 Å². The van der Waals surface area contributed by atoms with E-state index in [1.54, 1.807) is 25.2 Å². The Kier molecular flexibility index (Phi) is 4.53. The molecule has 1 saturated carbocycles. The maximum atomic E-state index is 11.7. The van der Waals surface area contributed by atoms with Gasteiger partial charge in [-0.15, -0.1) is 0 Å². The summed E-state index contributed by atoms with van der Waals surface area (Å²) >= 11 is 0. The van der Waals surface area contributed by atoms with E-state index in [-0.39, 0.29) is 12.0 Å². The highest BCUT2D eigenvalue weighted by Gasteiger charge is 2.25.